The summed E-state index contributed by atoms with van der Waals surface area (Å²) in [5.41, 5.74) is 1.05. The molecular formula is C11H15N5. The van der Waals surface area contributed by atoms with Crippen molar-refractivity contribution in [2.45, 2.75) is 26.8 Å². The van der Waals surface area contributed by atoms with Crippen LogP contribution < -0.4 is 5.32 Å². The Bertz CT molecular complexity index is 449. The number of anilines is 1. The first-order valence-electron chi connectivity index (χ1n) is 5.34. The molecule has 0 bridgehead atoms. The fourth-order valence-electron chi connectivity index (χ4n) is 1.47. The van der Waals surface area contributed by atoms with Crippen LogP contribution in [-0.2, 0) is 13.0 Å². The smallest absolute Gasteiger partial charge is 0.130 e. The van der Waals surface area contributed by atoms with E-state index < -0.39 is 0 Å². The van der Waals surface area contributed by atoms with Crippen LogP contribution in [0.2, 0.25) is 0 Å². The van der Waals surface area contributed by atoms with Crippen LogP contribution in [0.15, 0.2) is 18.5 Å². The van der Waals surface area contributed by atoms with Gasteiger partial charge in [-0.2, -0.15) is 0 Å². The summed E-state index contributed by atoms with van der Waals surface area (Å²) < 4.78 is 0. The molecule has 0 aromatic carbocycles. The van der Waals surface area contributed by atoms with E-state index in [4.69, 9.17) is 0 Å². The first-order valence-corrected chi connectivity index (χ1v) is 5.34. The van der Waals surface area contributed by atoms with E-state index >= 15 is 0 Å². The van der Waals surface area contributed by atoms with Gasteiger partial charge in [-0.3, -0.25) is 0 Å². The van der Waals surface area contributed by atoms with Gasteiger partial charge in [-0.15, -0.1) is 0 Å². The number of nitrogens with one attached hydrogen (secondary N) is 2. The van der Waals surface area contributed by atoms with Gasteiger partial charge in [0, 0.05) is 24.2 Å². The van der Waals surface area contributed by atoms with E-state index in [2.05, 4.69) is 32.2 Å². The van der Waals surface area contributed by atoms with E-state index in [0.717, 1.165) is 29.6 Å². The van der Waals surface area contributed by atoms with Gasteiger partial charge in [0.1, 0.15) is 17.5 Å². The number of hydrogen-bond acceptors (Lipinski definition) is 4. The molecule has 0 aliphatic carbocycles. The second-order valence-corrected chi connectivity index (χ2v) is 3.53. The summed E-state index contributed by atoms with van der Waals surface area (Å²) in [6.45, 7) is 4.63. The van der Waals surface area contributed by atoms with Crippen LogP contribution in [0.5, 0.6) is 0 Å². The normalized spacial score (nSPS) is 10.4. The van der Waals surface area contributed by atoms with Crippen molar-refractivity contribution in [2.75, 3.05) is 5.32 Å². The van der Waals surface area contributed by atoms with Crippen LogP contribution in [-0.4, -0.2) is 19.9 Å². The molecule has 0 amide bonds. The number of H-pyrrole nitrogens is 1. The summed E-state index contributed by atoms with van der Waals surface area (Å²) in [4.78, 5) is 15.8. The first-order chi connectivity index (χ1) is 7.78. The highest BCUT2D eigenvalue weighted by molar-refractivity contribution is 5.36. The molecule has 0 unspecified atom stereocenters. The van der Waals surface area contributed by atoms with E-state index in [-0.39, 0.29) is 0 Å². The minimum Gasteiger partial charge on any atom is -0.363 e. The first kappa shape index (κ1) is 10.6. The second-order valence-electron chi connectivity index (χ2n) is 3.53. The van der Waals surface area contributed by atoms with Crippen LogP contribution in [0.4, 0.5) is 5.82 Å². The van der Waals surface area contributed by atoms with Gasteiger partial charge in [-0.25, -0.2) is 15.0 Å². The average Bonchev–Trinajstić information content (AvgIpc) is 2.78. The molecule has 0 saturated heterocycles. The van der Waals surface area contributed by atoms with Crippen molar-refractivity contribution < 1.29 is 0 Å². The largest absolute Gasteiger partial charge is 0.363 e. The average molecular weight is 217 g/mol. The number of rotatable bonds is 4. The zero-order valence-electron chi connectivity index (χ0n) is 9.49. The second kappa shape index (κ2) is 4.74. The monoisotopic (exact) mass is 217 g/mol. The molecule has 0 saturated carbocycles. The van der Waals surface area contributed by atoms with Crippen molar-refractivity contribution in [2.24, 2.45) is 0 Å². The zero-order chi connectivity index (χ0) is 11.4. The van der Waals surface area contributed by atoms with Crippen molar-refractivity contribution in [3.05, 3.63) is 35.8 Å². The fraction of sp³-hybridized carbons (Fsp3) is 0.364. The number of nitrogens with zero attached hydrogens (tertiary/aromatic N) is 3. The molecule has 0 aliphatic rings. The van der Waals surface area contributed by atoms with Gasteiger partial charge in [0.2, 0.25) is 0 Å². The molecule has 84 valence electrons. The van der Waals surface area contributed by atoms with Crippen molar-refractivity contribution >= 4 is 5.82 Å². The molecule has 0 fully saturated rings. The molecule has 0 atom stereocenters. The molecule has 5 nitrogen and oxygen atoms in total. The number of hydrogen-bond donors (Lipinski definition) is 2. The Morgan fingerprint density at radius 1 is 1.38 bits per heavy atom. The molecule has 2 heterocycles. The quantitative estimate of drug-likeness (QED) is 0.817. The van der Waals surface area contributed by atoms with Gasteiger partial charge in [-0.05, 0) is 13.3 Å². The minimum absolute atomic E-state index is 0.645. The van der Waals surface area contributed by atoms with Gasteiger partial charge in [-0.1, -0.05) is 6.92 Å². The summed E-state index contributed by atoms with van der Waals surface area (Å²) in [6, 6.07) is 1.97. The number of imidazole rings is 1. The molecule has 5 heteroatoms. The summed E-state index contributed by atoms with van der Waals surface area (Å²) in [7, 11) is 0. The lowest BCUT2D eigenvalue weighted by Gasteiger charge is -2.06. The van der Waals surface area contributed by atoms with E-state index in [0.29, 0.717) is 6.54 Å². The van der Waals surface area contributed by atoms with Crippen LogP contribution in [0, 0.1) is 6.92 Å². The van der Waals surface area contributed by atoms with Crippen LogP contribution in [0.1, 0.15) is 24.3 Å². The maximum Gasteiger partial charge on any atom is 0.130 e. The molecule has 2 aromatic rings. The molecule has 0 aliphatic heterocycles. The standard InChI is InChI=1S/C11H15N5/c1-3-9-6-10(16-8(2)15-9)14-7-11-12-4-5-13-11/h4-6H,3,7H2,1-2H3,(H,12,13)(H,14,15,16). The summed E-state index contributed by atoms with van der Waals surface area (Å²) >= 11 is 0. The van der Waals surface area contributed by atoms with E-state index in [1.807, 2.05) is 13.0 Å². The van der Waals surface area contributed by atoms with E-state index in [1.165, 1.54) is 0 Å². The highest BCUT2D eigenvalue weighted by atomic mass is 15.1. The zero-order valence-corrected chi connectivity index (χ0v) is 9.49. The maximum absolute atomic E-state index is 4.32. The van der Waals surface area contributed by atoms with Crippen LogP contribution in [0.25, 0.3) is 0 Å². The number of aromatic amines is 1. The third kappa shape index (κ3) is 2.56. The minimum atomic E-state index is 0.645. The molecule has 2 aromatic heterocycles. The summed E-state index contributed by atoms with van der Waals surface area (Å²) in [6.07, 6.45) is 4.46. The van der Waals surface area contributed by atoms with Crippen LogP contribution in [0.3, 0.4) is 0 Å². The Labute approximate surface area is 94.4 Å². The SMILES string of the molecule is CCc1cc(NCc2ncc[nH]2)nc(C)n1. The van der Waals surface area contributed by atoms with Gasteiger partial charge in [0.05, 0.1) is 6.54 Å². The Morgan fingerprint density at radius 3 is 2.94 bits per heavy atom. The third-order valence-electron chi connectivity index (χ3n) is 2.25. The lowest BCUT2D eigenvalue weighted by Crippen LogP contribution is -2.05. The molecule has 0 spiro atoms. The maximum atomic E-state index is 4.32. The third-order valence-corrected chi connectivity index (χ3v) is 2.25. The van der Waals surface area contributed by atoms with Crippen molar-refractivity contribution in [3.8, 4) is 0 Å². The Morgan fingerprint density at radius 2 is 2.25 bits per heavy atom. The molecule has 2 N–H and O–H groups in total. The topological polar surface area (TPSA) is 66.5 Å². The van der Waals surface area contributed by atoms with Gasteiger partial charge >= 0.3 is 0 Å². The molecule has 0 radical (unpaired) electrons. The molecular weight excluding hydrogens is 202 g/mol. The predicted molar refractivity (Wildman–Crippen MR) is 62.1 cm³/mol. The fourth-order valence-corrected chi connectivity index (χ4v) is 1.47. The highest BCUT2D eigenvalue weighted by Crippen LogP contribution is 2.07. The predicted octanol–water partition coefficient (Wildman–Crippen LogP) is 1.68. The molecule has 2 rings (SSSR count). The van der Waals surface area contributed by atoms with Crippen molar-refractivity contribution in [3.63, 3.8) is 0 Å². The number of aryl methyl sites for hydroxylation is 2. The lowest BCUT2D eigenvalue weighted by atomic mass is 10.3. The Balaban J connectivity index is 2.06. The molecule has 16 heavy (non-hydrogen) atoms. The van der Waals surface area contributed by atoms with Gasteiger partial charge in [0.15, 0.2) is 0 Å². The van der Waals surface area contributed by atoms with Crippen molar-refractivity contribution in [1.82, 2.24) is 19.9 Å². The summed E-state index contributed by atoms with van der Waals surface area (Å²) in [5.74, 6) is 2.54. The van der Waals surface area contributed by atoms with Crippen LogP contribution >= 0.6 is 0 Å². The number of aromatic nitrogens is 4. The van der Waals surface area contributed by atoms with Gasteiger partial charge in [0.25, 0.3) is 0 Å². The lowest BCUT2D eigenvalue weighted by molar-refractivity contribution is 0.927. The van der Waals surface area contributed by atoms with Gasteiger partial charge < -0.3 is 10.3 Å². The summed E-state index contributed by atoms with van der Waals surface area (Å²) in [5, 5.41) is 3.22. The van der Waals surface area contributed by atoms with E-state index in [1.54, 1.807) is 12.4 Å². The Kier molecular flexibility index (Phi) is 3.14. The van der Waals surface area contributed by atoms with E-state index in [9.17, 15) is 0 Å². The van der Waals surface area contributed by atoms with Crippen molar-refractivity contribution in [1.29, 1.82) is 0 Å². The highest BCUT2D eigenvalue weighted by Gasteiger charge is 2.01. The Hall–Kier alpha value is -1.91.